The van der Waals surface area contributed by atoms with Crippen LogP contribution in [0.5, 0.6) is 0 Å². The van der Waals surface area contributed by atoms with Crippen molar-refractivity contribution in [2.45, 2.75) is 31.7 Å². The van der Waals surface area contributed by atoms with Crippen molar-refractivity contribution >= 4 is 11.7 Å². The van der Waals surface area contributed by atoms with Gasteiger partial charge in [-0.2, -0.15) is 0 Å². The molecule has 2 saturated carbocycles. The van der Waals surface area contributed by atoms with Crippen molar-refractivity contribution in [3.05, 3.63) is 0 Å². The molecule has 0 spiro atoms. The first-order valence-electron chi connectivity index (χ1n) is 5.05. The van der Waals surface area contributed by atoms with Gasteiger partial charge >= 0.3 is 0 Å². The highest BCUT2D eigenvalue weighted by atomic mass is 16.2. The molecule has 0 radical (unpaired) electrons. The van der Waals surface area contributed by atoms with Gasteiger partial charge in [-0.3, -0.25) is 9.59 Å². The number of carbonyl (C=O) groups is 2. The summed E-state index contributed by atoms with van der Waals surface area (Å²) in [5.74, 6) is 1.93. The third kappa shape index (κ3) is 1.10. The molecule has 1 aliphatic heterocycles. The van der Waals surface area contributed by atoms with Gasteiger partial charge < -0.3 is 4.90 Å². The van der Waals surface area contributed by atoms with Gasteiger partial charge in [0.05, 0.1) is 13.0 Å². The van der Waals surface area contributed by atoms with E-state index in [1.165, 1.54) is 6.42 Å². The summed E-state index contributed by atoms with van der Waals surface area (Å²) in [6, 6.07) is 0.405. The first-order valence-corrected chi connectivity index (χ1v) is 5.05. The number of hydrogen-bond acceptors (Lipinski definition) is 2. The number of nitrogens with zero attached hydrogens (tertiary/aromatic N) is 1. The van der Waals surface area contributed by atoms with Crippen LogP contribution in [0.1, 0.15) is 25.7 Å². The van der Waals surface area contributed by atoms with E-state index in [1.54, 1.807) is 0 Å². The lowest BCUT2D eigenvalue weighted by atomic mass is 10.1. The smallest absolute Gasteiger partial charge is 0.230 e. The van der Waals surface area contributed by atoms with Crippen molar-refractivity contribution in [3.63, 3.8) is 0 Å². The minimum absolute atomic E-state index is 0.0660. The molecule has 3 heteroatoms. The molecule has 3 rings (SSSR count). The van der Waals surface area contributed by atoms with Crippen molar-refractivity contribution in [3.8, 4) is 0 Å². The van der Waals surface area contributed by atoms with Gasteiger partial charge in [0.1, 0.15) is 0 Å². The number of ketones is 1. The second-order valence-electron chi connectivity index (χ2n) is 4.62. The number of hydrogen-bond donors (Lipinski definition) is 0. The Morgan fingerprint density at radius 2 is 1.77 bits per heavy atom. The standard InChI is InChI=1S/C10H13NO2/c12-9-4-10(13)11(5-9)8-2-6-1-7(6)3-8/h6-8H,1-5H2. The van der Waals surface area contributed by atoms with E-state index in [1.807, 2.05) is 4.90 Å². The fraction of sp³-hybridized carbons (Fsp3) is 0.800. The van der Waals surface area contributed by atoms with Crippen LogP contribution in [0, 0.1) is 11.8 Å². The minimum Gasteiger partial charge on any atom is -0.332 e. The van der Waals surface area contributed by atoms with Gasteiger partial charge in [-0.25, -0.2) is 0 Å². The zero-order valence-electron chi connectivity index (χ0n) is 7.53. The average Bonchev–Trinajstić information content (AvgIpc) is 2.55. The van der Waals surface area contributed by atoms with E-state index in [0.717, 1.165) is 24.7 Å². The molecule has 70 valence electrons. The summed E-state index contributed by atoms with van der Waals surface area (Å²) in [6.45, 7) is 0.392. The van der Waals surface area contributed by atoms with E-state index >= 15 is 0 Å². The van der Waals surface area contributed by atoms with E-state index in [9.17, 15) is 9.59 Å². The van der Waals surface area contributed by atoms with E-state index < -0.39 is 0 Å². The van der Waals surface area contributed by atoms with Crippen molar-refractivity contribution < 1.29 is 9.59 Å². The second-order valence-corrected chi connectivity index (χ2v) is 4.62. The first-order chi connectivity index (χ1) is 6.24. The molecular formula is C10H13NO2. The first kappa shape index (κ1) is 7.54. The van der Waals surface area contributed by atoms with Crippen LogP contribution in [0.25, 0.3) is 0 Å². The zero-order chi connectivity index (χ0) is 9.00. The average molecular weight is 179 g/mol. The predicted molar refractivity (Wildman–Crippen MR) is 46.0 cm³/mol. The normalized spacial score (nSPS) is 42.8. The Labute approximate surface area is 77.1 Å². The molecular weight excluding hydrogens is 166 g/mol. The molecule has 0 aromatic carbocycles. The summed E-state index contributed by atoms with van der Waals surface area (Å²) in [4.78, 5) is 24.3. The number of fused-ring (bicyclic) bond motifs is 1. The molecule has 2 aliphatic carbocycles. The van der Waals surface area contributed by atoms with Gasteiger partial charge in [0, 0.05) is 6.04 Å². The maximum Gasteiger partial charge on any atom is 0.230 e. The summed E-state index contributed by atoms with van der Waals surface area (Å²) in [7, 11) is 0. The van der Waals surface area contributed by atoms with E-state index in [2.05, 4.69) is 0 Å². The highest BCUT2D eigenvalue weighted by molar-refractivity contribution is 6.05. The SMILES string of the molecule is O=C1CC(=O)N(C2CC3CC3C2)C1. The minimum atomic E-state index is 0.0660. The number of amides is 1. The van der Waals surface area contributed by atoms with Crippen LogP contribution in [-0.2, 0) is 9.59 Å². The Morgan fingerprint density at radius 1 is 1.08 bits per heavy atom. The third-order valence-corrected chi connectivity index (χ3v) is 3.67. The van der Waals surface area contributed by atoms with Gasteiger partial charge in [-0.05, 0) is 31.1 Å². The van der Waals surface area contributed by atoms with E-state index in [-0.39, 0.29) is 18.1 Å². The topological polar surface area (TPSA) is 37.4 Å². The second kappa shape index (κ2) is 2.34. The van der Waals surface area contributed by atoms with Crippen LogP contribution in [-0.4, -0.2) is 29.2 Å². The predicted octanol–water partition coefficient (Wildman–Crippen LogP) is 0.586. The highest BCUT2D eigenvalue weighted by Crippen LogP contribution is 2.53. The molecule has 3 fully saturated rings. The summed E-state index contributed by atoms with van der Waals surface area (Å²) in [5, 5.41) is 0. The van der Waals surface area contributed by atoms with Gasteiger partial charge in [-0.1, -0.05) is 0 Å². The lowest BCUT2D eigenvalue weighted by Crippen LogP contribution is -2.35. The van der Waals surface area contributed by atoms with Gasteiger partial charge in [0.15, 0.2) is 5.78 Å². The van der Waals surface area contributed by atoms with Crippen LogP contribution in [0.3, 0.4) is 0 Å². The number of carbonyl (C=O) groups excluding carboxylic acids is 2. The Kier molecular flexibility index (Phi) is 1.35. The Balaban J connectivity index is 1.71. The fourth-order valence-electron chi connectivity index (χ4n) is 2.87. The number of rotatable bonds is 1. The molecule has 0 bridgehead atoms. The summed E-state index contributed by atoms with van der Waals surface area (Å²) in [5.41, 5.74) is 0. The Morgan fingerprint density at radius 3 is 2.31 bits per heavy atom. The molecule has 3 nitrogen and oxygen atoms in total. The van der Waals surface area contributed by atoms with Crippen molar-refractivity contribution in [1.29, 1.82) is 0 Å². The summed E-state index contributed by atoms with van der Waals surface area (Å²) < 4.78 is 0. The summed E-state index contributed by atoms with van der Waals surface area (Å²) in [6.07, 6.45) is 3.84. The summed E-state index contributed by atoms with van der Waals surface area (Å²) >= 11 is 0. The van der Waals surface area contributed by atoms with Gasteiger partial charge in [-0.15, -0.1) is 0 Å². The highest BCUT2D eigenvalue weighted by Gasteiger charge is 2.49. The lowest BCUT2D eigenvalue weighted by molar-refractivity contribution is -0.129. The molecule has 2 unspecified atom stereocenters. The maximum atomic E-state index is 11.4. The number of Topliss-reactive ketones (excluding diaryl/α,β-unsaturated/α-hetero) is 1. The van der Waals surface area contributed by atoms with Crippen LogP contribution in [0.4, 0.5) is 0 Å². The molecule has 13 heavy (non-hydrogen) atoms. The Bertz CT molecular complexity index is 277. The fourth-order valence-corrected chi connectivity index (χ4v) is 2.87. The molecule has 0 N–H and O–H groups in total. The van der Waals surface area contributed by atoms with Crippen molar-refractivity contribution in [2.24, 2.45) is 11.8 Å². The van der Waals surface area contributed by atoms with Gasteiger partial charge in [0.2, 0.25) is 5.91 Å². The lowest BCUT2D eigenvalue weighted by Gasteiger charge is -2.23. The van der Waals surface area contributed by atoms with Crippen molar-refractivity contribution in [2.75, 3.05) is 6.54 Å². The zero-order valence-corrected chi connectivity index (χ0v) is 7.53. The third-order valence-electron chi connectivity index (χ3n) is 3.67. The number of likely N-dealkylation sites (tertiary alicyclic amines) is 1. The quantitative estimate of drug-likeness (QED) is 0.552. The van der Waals surface area contributed by atoms with Crippen LogP contribution in [0.2, 0.25) is 0 Å². The van der Waals surface area contributed by atoms with E-state index in [4.69, 9.17) is 0 Å². The molecule has 0 aromatic rings. The van der Waals surface area contributed by atoms with Crippen LogP contribution < -0.4 is 0 Å². The molecule has 1 saturated heterocycles. The maximum absolute atomic E-state index is 11.4. The van der Waals surface area contributed by atoms with Crippen LogP contribution >= 0.6 is 0 Å². The molecule has 1 heterocycles. The monoisotopic (exact) mass is 179 g/mol. The van der Waals surface area contributed by atoms with Gasteiger partial charge in [0.25, 0.3) is 0 Å². The molecule has 3 aliphatic rings. The van der Waals surface area contributed by atoms with Crippen LogP contribution in [0.15, 0.2) is 0 Å². The Hall–Kier alpha value is -0.860. The molecule has 2 atom stereocenters. The van der Waals surface area contributed by atoms with E-state index in [0.29, 0.717) is 12.6 Å². The van der Waals surface area contributed by atoms with Crippen molar-refractivity contribution in [1.82, 2.24) is 4.90 Å². The molecule has 0 aromatic heterocycles. The largest absolute Gasteiger partial charge is 0.332 e. The molecule has 1 amide bonds.